The van der Waals surface area contributed by atoms with Gasteiger partial charge in [-0.25, -0.2) is 0 Å². The zero-order chi connectivity index (χ0) is 8.97. The molecule has 0 aliphatic heterocycles. The lowest BCUT2D eigenvalue weighted by Gasteiger charge is -2.05. The number of hydrazine groups is 1. The summed E-state index contributed by atoms with van der Waals surface area (Å²) in [5, 5.41) is 0. The standard InChI is InChI=1S/C7H8F2N2O.ClH/c8-7(9)12-6-3-1-2-5(4-6)11-10;/h1-4,7,11H,10H2;1H/p-1. The van der Waals surface area contributed by atoms with Crippen molar-refractivity contribution in [1.82, 2.24) is 0 Å². The Kier molecular flexibility index (Phi) is 5.10. The van der Waals surface area contributed by atoms with E-state index < -0.39 is 6.61 Å². The monoisotopic (exact) mass is 209 g/mol. The van der Waals surface area contributed by atoms with E-state index in [0.29, 0.717) is 5.69 Å². The van der Waals surface area contributed by atoms with Gasteiger partial charge in [0.1, 0.15) is 5.75 Å². The molecule has 0 aliphatic carbocycles. The van der Waals surface area contributed by atoms with E-state index in [9.17, 15) is 8.78 Å². The van der Waals surface area contributed by atoms with Crippen molar-refractivity contribution in [2.45, 2.75) is 6.61 Å². The van der Waals surface area contributed by atoms with Crippen LogP contribution in [-0.2, 0) is 0 Å². The molecule has 3 N–H and O–H groups in total. The van der Waals surface area contributed by atoms with Crippen molar-refractivity contribution >= 4 is 5.69 Å². The van der Waals surface area contributed by atoms with Gasteiger partial charge in [0.2, 0.25) is 0 Å². The van der Waals surface area contributed by atoms with Crippen molar-refractivity contribution in [3.63, 3.8) is 0 Å². The van der Waals surface area contributed by atoms with Crippen LogP contribution in [0.3, 0.4) is 0 Å². The van der Waals surface area contributed by atoms with Crippen LogP contribution in [0.2, 0.25) is 0 Å². The van der Waals surface area contributed by atoms with Crippen molar-refractivity contribution in [1.29, 1.82) is 0 Å². The molecule has 0 saturated heterocycles. The highest BCUT2D eigenvalue weighted by molar-refractivity contribution is 5.46. The van der Waals surface area contributed by atoms with E-state index in [-0.39, 0.29) is 18.2 Å². The molecule has 0 bridgehead atoms. The van der Waals surface area contributed by atoms with Crippen molar-refractivity contribution in [2.75, 3.05) is 5.43 Å². The van der Waals surface area contributed by atoms with Gasteiger partial charge in [-0.1, -0.05) is 6.07 Å². The summed E-state index contributed by atoms with van der Waals surface area (Å²) in [6.07, 6.45) is 0. The molecule has 0 spiro atoms. The van der Waals surface area contributed by atoms with Crippen LogP contribution in [0.15, 0.2) is 24.3 Å². The number of nitrogens with one attached hydrogen (secondary N) is 1. The van der Waals surface area contributed by atoms with Gasteiger partial charge in [0, 0.05) is 6.07 Å². The first-order chi connectivity index (χ1) is 5.72. The lowest BCUT2D eigenvalue weighted by molar-refractivity contribution is -0.0498. The number of nitrogen functional groups attached to an aromatic ring is 1. The van der Waals surface area contributed by atoms with Gasteiger partial charge < -0.3 is 22.6 Å². The molecule has 1 aromatic carbocycles. The Bertz CT molecular complexity index is 260. The molecule has 0 fully saturated rings. The van der Waals surface area contributed by atoms with E-state index >= 15 is 0 Å². The zero-order valence-electron chi connectivity index (χ0n) is 6.51. The quantitative estimate of drug-likeness (QED) is 0.475. The van der Waals surface area contributed by atoms with Crippen molar-refractivity contribution in [2.24, 2.45) is 5.84 Å². The third kappa shape index (κ3) is 3.91. The summed E-state index contributed by atoms with van der Waals surface area (Å²) >= 11 is 0. The van der Waals surface area contributed by atoms with Gasteiger partial charge in [-0.2, -0.15) is 8.78 Å². The fourth-order valence-electron chi connectivity index (χ4n) is 0.762. The van der Waals surface area contributed by atoms with E-state index in [2.05, 4.69) is 10.2 Å². The third-order valence-electron chi connectivity index (χ3n) is 1.23. The molecule has 0 unspecified atom stereocenters. The van der Waals surface area contributed by atoms with E-state index in [1.54, 1.807) is 12.1 Å². The summed E-state index contributed by atoms with van der Waals surface area (Å²) in [5.41, 5.74) is 2.84. The summed E-state index contributed by atoms with van der Waals surface area (Å²) in [6.45, 7) is -2.81. The number of rotatable bonds is 3. The number of benzene rings is 1. The molecular weight excluding hydrogens is 202 g/mol. The minimum atomic E-state index is -2.81. The fraction of sp³-hybridized carbons (Fsp3) is 0.143. The topological polar surface area (TPSA) is 47.3 Å². The van der Waals surface area contributed by atoms with Crippen LogP contribution in [-0.4, -0.2) is 6.61 Å². The minimum Gasteiger partial charge on any atom is -1.00 e. The number of halogens is 3. The van der Waals surface area contributed by atoms with E-state index in [4.69, 9.17) is 5.84 Å². The molecule has 13 heavy (non-hydrogen) atoms. The molecular formula is C7H8ClF2N2O-. The van der Waals surface area contributed by atoms with Gasteiger partial charge >= 0.3 is 6.61 Å². The maximum atomic E-state index is 11.7. The Morgan fingerprint density at radius 2 is 2.08 bits per heavy atom. The second kappa shape index (κ2) is 5.55. The Morgan fingerprint density at radius 3 is 2.62 bits per heavy atom. The molecule has 0 amide bonds. The summed E-state index contributed by atoms with van der Waals surface area (Å²) in [7, 11) is 0. The number of ether oxygens (including phenoxy) is 1. The van der Waals surface area contributed by atoms with Gasteiger partial charge in [0.15, 0.2) is 0 Å². The van der Waals surface area contributed by atoms with Crippen LogP contribution < -0.4 is 28.4 Å². The van der Waals surface area contributed by atoms with Gasteiger partial charge in [-0.05, 0) is 12.1 Å². The maximum Gasteiger partial charge on any atom is 0.387 e. The highest BCUT2D eigenvalue weighted by Gasteiger charge is 2.03. The molecule has 1 rings (SSSR count). The fourth-order valence-corrected chi connectivity index (χ4v) is 0.762. The molecule has 0 atom stereocenters. The second-order valence-corrected chi connectivity index (χ2v) is 2.05. The summed E-state index contributed by atoms with van der Waals surface area (Å²) in [4.78, 5) is 0. The first-order valence-corrected chi connectivity index (χ1v) is 3.24. The maximum absolute atomic E-state index is 11.7. The van der Waals surface area contributed by atoms with Crippen molar-refractivity contribution in [3.8, 4) is 5.75 Å². The van der Waals surface area contributed by atoms with Crippen LogP contribution in [0.4, 0.5) is 14.5 Å². The summed E-state index contributed by atoms with van der Waals surface area (Å²) in [5.74, 6) is 5.14. The predicted molar refractivity (Wildman–Crippen MR) is 40.9 cm³/mol. The van der Waals surface area contributed by atoms with Gasteiger partial charge in [-0.3, -0.25) is 5.84 Å². The Labute approximate surface area is 80.3 Å². The minimum absolute atomic E-state index is 0. The first kappa shape index (κ1) is 11.9. The molecule has 0 aliphatic rings. The van der Waals surface area contributed by atoms with Crippen LogP contribution in [0.5, 0.6) is 5.75 Å². The van der Waals surface area contributed by atoms with Crippen molar-refractivity contribution in [3.05, 3.63) is 24.3 Å². The zero-order valence-corrected chi connectivity index (χ0v) is 7.26. The van der Waals surface area contributed by atoms with Crippen LogP contribution in [0.1, 0.15) is 0 Å². The average Bonchev–Trinajstić information content (AvgIpc) is 2.03. The Balaban J connectivity index is 0.00000144. The molecule has 0 radical (unpaired) electrons. The molecule has 0 saturated carbocycles. The van der Waals surface area contributed by atoms with Gasteiger partial charge in [0.25, 0.3) is 0 Å². The molecule has 6 heteroatoms. The molecule has 3 nitrogen and oxygen atoms in total. The smallest absolute Gasteiger partial charge is 0.387 e. The number of alkyl halides is 2. The first-order valence-electron chi connectivity index (χ1n) is 3.24. The molecule has 1 aromatic rings. The number of hydrogen-bond donors (Lipinski definition) is 2. The largest absolute Gasteiger partial charge is 1.00 e. The molecule has 0 heterocycles. The normalized spacial score (nSPS) is 9.23. The van der Waals surface area contributed by atoms with Gasteiger partial charge in [-0.15, -0.1) is 0 Å². The van der Waals surface area contributed by atoms with Crippen molar-refractivity contribution < 1.29 is 25.9 Å². The SMILES string of the molecule is NNc1cccc(OC(F)F)c1.[Cl-]. The lowest BCUT2D eigenvalue weighted by atomic mass is 10.3. The molecule has 0 aromatic heterocycles. The third-order valence-corrected chi connectivity index (χ3v) is 1.23. The second-order valence-electron chi connectivity index (χ2n) is 2.05. The highest BCUT2D eigenvalue weighted by atomic mass is 35.5. The number of nitrogens with two attached hydrogens (primary N) is 1. The van der Waals surface area contributed by atoms with Crippen LogP contribution >= 0.6 is 0 Å². The van der Waals surface area contributed by atoms with Gasteiger partial charge in [0.05, 0.1) is 5.69 Å². The predicted octanol–water partition coefficient (Wildman–Crippen LogP) is -1.42. The summed E-state index contributed by atoms with van der Waals surface area (Å²) in [6, 6.07) is 6.00. The number of hydrogen-bond acceptors (Lipinski definition) is 3. The summed E-state index contributed by atoms with van der Waals surface area (Å²) < 4.78 is 27.5. The number of anilines is 1. The van der Waals surface area contributed by atoms with Crippen LogP contribution in [0, 0.1) is 0 Å². The Morgan fingerprint density at radius 1 is 1.38 bits per heavy atom. The van der Waals surface area contributed by atoms with E-state index in [0.717, 1.165) is 0 Å². The van der Waals surface area contributed by atoms with E-state index in [1.807, 2.05) is 0 Å². The Hall–Kier alpha value is -1.07. The molecule has 74 valence electrons. The van der Waals surface area contributed by atoms with Crippen LogP contribution in [0.25, 0.3) is 0 Å². The lowest BCUT2D eigenvalue weighted by Crippen LogP contribution is -3.00. The van der Waals surface area contributed by atoms with E-state index in [1.165, 1.54) is 12.1 Å². The highest BCUT2D eigenvalue weighted by Crippen LogP contribution is 2.17. The average molecular weight is 210 g/mol.